The number of anilines is 1. The number of hydrogen-bond acceptors (Lipinski definition) is 4. The van der Waals surface area contributed by atoms with Crippen LogP contribution in [-0.2, 0) is 0 Å². The maximum atomic E-state index is 5.65. The van der Waals surface area contributed by atoms with Crippen LogP contribution in [0.3, 0.4) is 0 Å². The number of nitrogens with zero attached hydrogens (tertiary/aromatic N) is 2. The van der Waals surface area contributed by atoms with Crippen molar-refractivity contribution in [3.63, 3.8) is 0 Å². The van der Waals surface area contributed by atoms with E-state index in [0.29, 0.717) is 18.3 Å². The van der Waals surface area contributed by atoms with Crippen LogP contribution in [0.4, 0.5) is 5.82 Å². The average molecular weight is 271 g/mol. The molecule has 0 saturated heterocycles. The first kappa shape index (κ1) is 14.3. The summed E-state index contributed by atoms with van der Waals surface area (Å²) in [6.45, 7) is 5.76. The summed E-state index contributed by atoms with van der Waals surface area (Å²) in [6, 6.07) is 11.8. The van der Waals surface area contributed by atoms with Crippen molar-refractivity contribution in [3.05, 3.63) is 36.4 Å². The molecule has 1 N–H and O–H groups in total. The standard InChI is InChI=1S/C16H21N3O/c1-3-10-17-14-12-15(20-11-4-2)19-16(18-14)13-8-6-5-7-9-13/h5-9,12H,3-4,10-11H2,1-2H3,(H,17,18,19). The van der Waals surface area contributed by atoms with Crippen LogP contribution in [0, 0.1) is 0 Å². The van der Waals surface area contributed by atoms with E-state index in [1.807, 2.05) is 36.4 Å². The lowest BCUT2D eigenvalue weighted by Gasteiger charge is -2.10. The van der Waals surface area contributed by atoms with Gasteiger partial charge in [-0.05, 0) is 12.8 Å². The first-order valence-electron chi connectivity index (χ1n) is 7.14. The summed E-state index contributed by atoms with van der Waals surface area (Å²) in [7, 11) is 0. The predicted octanol–water partition coefficient (Wildman–Crippen LogP) is 3.75. The van der Waals surface area contributed by atoms with Gasteiger partial charge in [0, 0.05) is 18.2 Å². The highest BCUT2D eigenvalue weighted by Crippen LogP contribution is 2.21. The molecule has 0 aliphatic heterocycles. The number of rotatable bonds is 7. The molecule has 1 aromatic carbocycles. The first-order valence-corrected chi connectivity index (χ1v) is 7.14. The molecule has 0 aliphatic rings. The number of benzene rings is 1. The van der Waals surface area contributed by atoms with Crippen molar-refractivity contribution in [2.75, 3.05) is 18.5 Å². The molecule has 4 heteroatoms. The van der Waals surface area contributed by atoms with Crippen molar-refractivity contribution in [1.29, 1.82) is 0 Å². The molecular weight excluding hydrogens is 250 g/mol. The third kappa shape index (κ3) is 3.95. The van der Waals surface area contributed by atoms with E-state index < -0.39 is 0 Å². The van der Waals surface area contributed by atoms with Crippen LogP contribution >= 0.6 is 0 Å². The summed E-state index contributed by atoms with van der Waals surface area (Å²) >= 11 is 0. The van der Waals surface area contributed by atoms with Crippen LogP contribution < -0.4 is 10.1 Å². The van der Waals surface area contributed by atoms with Crippen molar-refractivity contribution in [2.24, 2.45) is 0 Å². The van der Waals surface area contributed by atoms with Gasteiger partial charge in [-0.1, -0.05) is 44.2 Å². The number of aromatic nitrogens is 2. The minimum Gasteiger partial charge on any atom is -0.478 e. The third-order valence-corrected chi connectivity index (χ3v) is 2.74. The molecule has 0 saturated carbocycles. The Hall–Kier alpha value is -2.10. The zero-order chi connectivity index (χ0) is 14.2. The highest BCUT2D eigenvalue weighted by molar-refractivity contribution is 5.58. The maximum absolute atomic E-state index is 5.65. The Morgan fingerprint density at radius 2 is 1.85 bits per heavy atom. The van der Waals surface area contributed by atoms with Gasteiger partial charge in [-0.2, -0.15) is 4.98 Å². The molecule has 1 heterocycles. The van der Waals surface area contributed by atoms with E-state index in [2.05, 4.69) is 29.1 Å². The largest absolute Gasteiger partial charge is 0.478 e. The van der Waals surface area contributed by atoms with Gasteiger partial charge >= 0.3 is 0 Å². The smallest absolute Gasteiger partial charge is 0.219 e. The quantitative estimate of drug-likeness (QED) is 0.833. The molecule has 2 aromatic rings. The van der Waals surface area contributed by atoms with Gasteiger partial charge in [0.1, 0.15) is 5.82 Å². The van der Waals surface area contributed by atoms with E-state index in [9.17, 15) is 0 Å². The van der Waals surface area contributed by atoms with Crippen LogP contribution in [0.2, 0.25) is 0 Å². The zero-order valence-electron chi connectivity index (χ0n) is 12.1. The molecule has 0 unspecified atom stereocenters. The summed E-state index contributed by atoms with van der Waals surface area (Å²) in [5.74, 6) is 2.13. The molecule has 2 rings (SSSR count). The van der Waals surface area contributed by atoms with Gasteiger partial charge in [-0.15, -0.1) is 0 Å². The Balaban J connectivity index is 2.29. The van der Waals surface area contributed by atoms with E-state index in [0.717, 1.165) is 30.8 Å². The molecule has 0 fully saturated rings. The summed E-state index contributed by atoms with van der Waals surface area (Å²) < 4.78 is 5.65. The normalized spacial score (nSPS) is 10.3. The Morgan fingerprint density at radius 1 is 1.05 bits per heavy atom. The fourth-order valence-electron chi connectivity index (χ4n) is 1.77. The van der Waals surface area contributed by atoms with Crippen LogP contribution in [0.1, 0.15) is 26.7 Å². The molecule has 0 radical (unpaired) electrons. The minimum absolute atomic E-state index is 0.624. The van der Waals surface area contributed by atoms with Crippen molar-refractivity contribution in [2.45, 2.75) is 26.7 Å². The van der Waals surface area contributed by atoms with Crippen LogP contribution in [-0.4, -0.2) is 23.1 Å². The summed E-state index contributed by atoms with van der Waals surface area (Å²) in [6.07, 6.45) is 2.01. The Labute approximate surface area is 120 Å². The van der Waals surface area contributed by atoms with E-state index in [1.165, 1.54) is 0 Å². The van der Waals surface area contributed by atoms with E-state index in [-0.39, 0.29) is 0 Å². The van der Waals surface area contributed by atoms with Crippen molar-refractivity contribution >= 4 is 5.82 Å². The Kier molecular flexibility index (Phi) is 5.35. The Bertz CT molecular complexity index is 502. The fourth-order valence-corrected chi connectivity index (χ4v) is 1.77. The van der Waals surface area contributed by atoms with E-state index in [1.54, 1.807) is 0 Å². The molecule has 106 valence electrons. The van der Waals surface area contributed by atoms with Gasteiger partial charge in [0.15, 0.2) is 5.82 Å². The topological polar surface area (TPSA) is 47.0 Å². The minimum atomic E-state index is 0.624. The molecule has 0 amide bonds. The lowest BCUT2D eigenvalue weighted by atomic mass is 10.2. The van der Waals surface area contributed by atoms with Crippen molar-refractivity contribution in [1.82, 2.24) is 9.97 Å². The monoisotopic (exact) mass is 271 g/mol. The van der Waals surface area contributed by atoms with Gasteiger partial charge in [0.2, 0.25) is 5.88 Å². The Morgan fingerprint density at radius 3 is 2.55 bits per heavy atom. The molecule has 0 atom stereocenters. The number of hydrogen-bond donors (Lipinski definition) is 1. The molecule has 4 nitrogen and oxygen atoms in total. The second kappa shape index (κ2) is 7.48. The molecule has 0 aliphatic carbocycles. The highest BCUT2D eigenvalue weighted by atomic mass is 16.5. The zero-order valence-corrected chi connectivity index (χ0v) is 12.1. The van der Waals surface area contributed by atoms with Crippen LogP contribution in [0.25, 0.3) is 11.4 Å². The summed E-state index contributed by atoms with van der Waals surface area (Å²) in [5.41, 5.74) is 0.994. The molecule has 1 aromatic heterocycles. The SMILES string of the molecule is CCCNc1cc(OCCC)nc(-c2ccccc2)n1. The lowest BCUT2D eigenvalue weighted by Crippen LogP contribution is -2.06. The van der Waals surface area contributed by atoms with Crippen LogP contribution in [0.5, 0.6) is 5.88 Å². The van der Waals surface area contributed by atoms with Gasteiger partial charge in [0.25, 0.3) is 0 Å². The van der Waals surface area contributed by atoms with Gasteiger partial charge in [-0.25, -0.2) is 4.98 Å². The molecule has 20 heavy (non-hydrogen) atoms. The average Bonchev–Trinajstić information content (AvgIpc) is 2.51. The second-order valence-electron chi connectivity index (χ2n) is 4.56. The fraction of sp³-hybridized carbons (Fsp3) is 0.375. The lowest BCUT2D eigenvalue weighted by molar-refractivity contribution is 0.305. The van der Waals surface area contributed by atoms with Crippen molar-refractivity contribution in [3.8, 4) is 17.3 Å². The number of nitrogens with one attached hydrogen (secondary N) is 1. The first-order chi connectivity index (χ1) is 9.83. The van der Waals surface area contributed by atoms with Crippen LogP contribution in [0.15, 0.2) is 36.4 Å². The summed E-state index contributed by atoms with van der Waals surface area (Å²) in [4.78, 5) is 9.02. The summed E-state index contributed by atoms with van der Waals surface area (Å²) in [5, 5.41) is 3.29. The maximum Gasteiger partial charge on any atom is 0.219 e. The predicted molar refractivity (Wildman–Crippen MR) is 82.0 cm³/mol. The van der Waals surface area contributed by atoms with Gasteiger partial charge < -0.3 is 10.1 Å². The van der Waals surface area contributed by atoms with E-state index >= 15 is 0 Å². The molecule has 0 spiro atoms. The van der Waals surface area contributed by atoms with E-state index in [4.69, 9.17) is 4.74 Å². The third-order valence-electron chi connectivity index (χ3n) is 2.74. The van der Waals surface area contributed by atoms with Gasteiger partial charge in [-0.3, -0.25) is 0 Å². The highest BCUT2D eigenvalue weighted by Gasteiger charge is 2.07. The number of ether oxygens (including phenoxy) is 1. The van der Waals surface area contributed by atoms with Gasteiger partial charge in [0.05, 0.1) is 6.61 Å². The second-order valence-corrected chi connectivity index (χ2v) is 4.56. The van der Waals surface area contributed by atoms with Crippen molar-refractivity contribution < 1.29 is 4.74 Å². The molecular formula is C16H21N3O. The molecule has 0 bridgehead atoms.